The van der Waals surface area contributed by atoms with Crippen LogP contribution in [-0.2, 0) is 38.4 Å². The highest BCUT2D eigenvalue weighted by atomic mass is 32.2. The van der Waals surface area contributed by atoms with Crippen LogP contribution in [0.1, 0.15) is 121 Å². The molecule has 2 aromatic heterocycles. The van der Waals surface area contributed by atoms with Crippen molar-refractivity contribution >= 4 is 49.1 Å². The summed E-state index contributed by atoms with van der Waals surface area (Å²) in [4.78, 5) is 42.3. The van der Waals surface area contributed by atoms with Gasteiger partial charge in [0.15, 0.2) is 23.6 Å². The summed E-state index contributed by atoms with van der Waals surface area (Å²) in [7, 11) is 2.86. The number of unbranched alkanes of at least 4 members (excludes halogenated alkanes) is 5. The van der Waals surface area contributed by atoms with Gasteiger partial charge in [-0.3, -0.25) is 14.2 Å². The van der Waals surface area contributed by atoms with Gasteiger partial charge in [0.2, 0.25) is 0 Å². The number of anilines is 1. The minimum atomic E-state index is -1.76. The molecule has 6 aromatic rings. The number of carbonyl (C=O) groups excluding carboxylic acids is 2. The number of fused-ring (bicyclic) bond motifs is 1. The number of rotatable bonds is 32. The van der Waals surface area contributed by atoms with Crippen molar-refractivity contribution in [2.24, 2.45) is 0 Å². The minimum absolute atomic E-state index is 0.00860. The van der Waals surface area contributed by atoms with E-state index in [0.717, 1.165) is 35.3 Å². The molecule has 4 aromatic carbocycles. The standard InChI is InChI=1S/C60H76N7O10PS/c1-9-10-11-12-13-20-36-79-40-50(59(69)72-8)56-64-57(63-53(68)39-73-49-24-18-15-19-25-49)55-58(65-56)66(41-62-55)54-37-51(77-78(75-35-21-34-61)67(42(2)3)43(4)5)52(76-54)38-74-60(44-22-16-14-17-23-44,45-26-30-47(70-6)31-27-45)46-28-32-48(71-7)33-29-46/h14-19,22-33,41-43,50-52,54H,9-13,20-21,35-40H2,1-8H3,(H,63,64,65,68)/t50?,51-,52+,54+,78?/m0/s1. The zero-order valence-corrected chi connectivity index (χ0v) is 48.5. The molecule has 17 nitrogen and oxygen atoms in total. The number of nitrogens with one attached hydrogen (secondary N) is 1. The van der Waals surface area contributed by atoms with E-state index in [4.69, 9.17) is 52.4 Å². The van der Waals surface area contributed by atoms with E-state index in [0.29, 0.717) is 28.6 Å². The van der Waals surface area contributed by atoms with E-state index >= 15 is 0 Å². The first-order chi connectivity index (χ1) is 38.4. The molecule has 1 aliphatic rings. The molecule has 1 amide bonds. The maximum absolute atomic E-state index is 13.8. The first kappa shape index (κ1) is 60.5. The first-order valence-corrected chi connectivity index (χ1v) is 29.5. The SMILES string of the molecule is CCCCCCCCSCC(C(=O)OC)c1nc(NC(=O)COc2ccccc2)c2ncn([C@H]3C[C@H](OP(OCCC#N)N(C(C)C)C(C)C)[C@@H](COC(c4ccccc4)(c4ccc(OC)cc4)c4ccc(OC)cc4)O3)c2n1. The summed E-state index contributed by atoms with van der Waals surface area (Å²) in [5, 5.41) is 12.5. The molecule has 1 aliphatic heterocycles. The quantitative estimate of drug-likeness (QED) is 0.0181. The third-order valence-electron chi connectivity index (χ3n) is 13.5. The van der Waals surface area contributed by atoms with Crippen molar-refractivity contribution in [3.8, 4) is 23.3 Å². The Bertz CT molecular complexity index is 2800. The van der Waals surface area contributed by atoms with Crippen LogP contribution in [0.2, 0.25) is 0 Å². The molecular formula is C60H76N7O10PS. The molecule has 19 heteroatoms. The number of ether oxygens (including phenoxy) is 6. The van der Waals surface area contributed by atoms with Gasteiger partial charge in [-0.15, -0.1) is 0 Å². The fourth-order valence-corrected chi connectivity index (χ4v) is 12.5. The number of methoxy groups -OCH3 is 3. The highest BCUT2D eigenvalue weighted by Gasteiger charge is 2.45. The van der Waals surface area contributed by atoms with E-state index in [1.54, 1.807) is 49.0 Å². The third kappa shape index (κ3) is 15.8. The Balaban J connectivity index is 1.31. The van der Waals surface area contributed by atoms with E-state index in [1.807, 2.05) is 97.1 Å². The Labute approximate surface area is 471 Å². The van der Waals surface area contributed by atoms with Crippen LogP contribution in [0.3, 0.4) is 0 Å². The number of nitriles is 1. The summed E-state index contributed by atoms with van der Waals surface area (Å²) >= 11 is 1.64. The summed E-state index contributed by atoms with van der Waals surface area (Å²) in [6.45, 7) is 10.4. The zero-order valence-electron chi connectivity index (χ0n) is 46.7. The lowest BCUT2D eigenvalue weighted by Crippen LogP contribution is -2.39. The van der Waals surface area contributed by atoms with Crippen LogP contribution in [0.15, 0.2) is 116 Å². The molecule has 0 radical (unpaired) electrons. The highest BCUT2D eigenvalue weighted by molar-refractivity contribution is 7.99. The average Bonchev–Trinajstić information content (AvgIpc) is 4.12. The fraction of sp³-hybridized carbons (Fsp3) is 0.467. The van der Waals surface area contributed by atoms with Gasteiger partial charge >= 0.3 is 5.97 Å². The minimum Gasteiger partial charge on any atom is -0.497 e. The summed E-state index contributed by atoms with van der Waals surface area (Å²) in [6, 6.07) is 37.0. The highest BCUT2D eigenvalue weighted by Crippen LogP contribution is 2.51. The number of aromatic nitrogens is 4. The van der Waals surface area contributed by atoms with Crippen LogP contribution in [0.4, 0.5) is 5.82 Å². The van der Waals surface area contributed by atoms with Crippen molar-refractivity contribution in [1.82, 2.24) is 24.2 Å². The monoisotopic (exact) mass is 1120 g/mol. The maximum Gasteiger partial charge on any atom is 0.317 e. The van der Waals surface area contributed by atoms with Gasteiger partial charge in [-0.25, -0.2) is 19.6 Å². The van der Waals surface area contributed by atoms with Crippen molar-refractivity contribution in [2.45, 2.75) is 128 Å². The molecule has 0 saturated carbocycles. The van der Waals surface area contributed by atoms with Crippen molar-refractivity contribution in [3.63, 3.8) is 0 Å². The van der Waals surface area contributed by atoms with Crippen molar-refractivity contribution in [1.29, 1.82) is 5.26 Å². The van der Waals surface area contributed by atoms with Gasteiger partial charge < -0.3 is 42.8 Å². The van der Waals surface area contributed by atoms with E-state index in [2.05, 4.69) is 50.7 Å². The number of carbonyl (C=O) groups is 2. The number of hydrogen-bond acceptors (Lipinski definition) is 16. The molecule has 0 aliphatic carbocycles. The third-order valence-corrected chi connectivity index (χ3v) is 16.9. The number of nitrogens with zero attached hydrogens (tertiary/aromatic N) is 6. The van der Waals surface area contributed by atoms with Crippen molar-refractivity contribution in [3.05, 3.63) is 138 Å². The fourth-order valence-electron chi connectivity index (χ4n) is 9.62. The Hall–Kier alpha value is -6.16. The summed E-state index contributed by atoms with van der Waals surface area (Å²) in [6.07, 6.45) is 6.76. The second-order valence-corrected chi connectivity index (χ2v) is 22.2. The number of benzene rings is 4. The second kappa shape index (κ2) is 30.4. The van der Waals surface area contributed by atoms with Crippen LogP contribution >= 0.6 is 20.3 Å². The van der Waals surface area contributed by atoms with E-state index < -0.39 is 50.4 Å². The zero-order chi connectivity index (χ0) is 56.2. The Morgan fingerprint density at radius 2 is 1.46 bits per heavy atom. The molecule has 1 saturated heterocycles. The molecule has 1 fully saturated rings. The maximum atomic E-state index is 13.8. The van der Waals surface area contributed by atoms with Crippen LogP contribution in [-0.4, -0.2) is 113 Å². The number of thioether (sulfide) groups is 1. The Morgan fingerprint density at radius 1 is 0.835 bits per heavy atom. The molecule has 7 rings (SSSR count). The Morgan fingerprint density at radius 3 is 2.06 bits per heavy atom. The topological polar surface area (TPSA) is 191 Å². The van der Waals surface area contributed by atoms with Gasteiger partial charge in [-0.2, -0.15) is 17.0 Å². The Kier molecular flexibility index (Phi) is 23.3. The number of para-hydroxylation sites is 1. The number of imidazole rings is 1. The molecule has 5 atom stereocenters. The van der Waals surface area contributed by atoms with Crippen LogP contribution in [0.5, 0.6) is 17.2 Å². The van der Waals surface area contributed by atoms with E-state index in [-0.39, 0.29) is 61.9 Å². The van der Waals surface area contributed by atoms with Gasteiger partial charge in [0.25, 0.3) is 14.4 Å². The molecule has 0 spiro atoms. The molecule has 79 heavy (non-hydrogen) atoms. The van der Waals surface area contributed by atoms with Gasteiger partial charge in [-0.05, 0) is 93.0 Å². The lowest BCUT2D eigenvalue weighted by molar-refractivity contribution is -0.142. The predicted octanol–water partition coefficient (Wildman–Crippen LogP) is 12.2. The van der Waals surface area contributed by atoms with Crippen LogP contribution in [0, 0.1) is 11.3 Å². The van der Waals surface area contributed by atoms with Crippen LogP contribution < -0.4 is 19.5 Å². The largest absolute Gasteiger partial charge is 0.497 e. The number of esters is 1. The molecule has 1 N–H and O–H groups in total. The molecule has 3 heterocycles. The molecular weight excluding hydrogens is 1040 g/mol. The lowest BCUT2D eigenvalue weighted by atomic mass is 9.80. The first-order valence-electron chi connectivity index (χ1n) is 27.2. The lowest BCUT2D eigenvalue weighted by Gasteiger charge is -2.39. The van der Waals surface area contributed by atoms with E-state index in [9.17, 15) is 14.9 Å². The number of hydrogen-bond donors (Lipinski definition) is 1. The van der Waals surface area contributed by atoms with Gasteiger partial charge in [-0.1, -0.05) is 112 Å². The number of amides is 1. The molecule has 2 unspecified atom stereocenters. The second-order valence-electron chi connectivity index (χ2n) is 19.7. The van der Waals surface area contributed by atoms with E-state index in [1.165, 1.54) is 32.8 Å². The van der Waals surface area contributed by atoms with Crippen molar-refractivity contribution < 1.29 is 47.1 Å². The molecule has 0 bridgehead atoms. The molecule has 422 valence electrons. The summed E-state index contributed by atoms with van der Waals surface area (Å²) in [5.41, 5.74) is 1.93. The van der Waals surface area contributed by atoms with Gasteiger partial charge in [0.05, 0.1) is 59.5 Å². The van der Waals surface area contributed by atoms with Crippen LogP contribution in [0.25, 0.3) is 11.2 Å². The smallest absolute Gasteiger partial charge is 0.317 e. The average molecular weight is 1120 g/mol. The van der Waals surface area contributed by atoms with Crippen molar-refractivity contribution in [2.75, 3.05) is 58.0 Å². The van der Waals surface area contributed by atoms with Gasteiger partial charge in [0.1, 0.15) is 46.9 Å². The normalized spacial score (nSPS) is 16.3. The summed E-state index contributed by atoms with van der Waals surface area (Å²) < 4.78 is 54.8. The predicted molar refractivity (Wildman–Crippen MR) is 308 cm³/mol. The summed E-state index contributed by atoms with van der Waals surface area (Å²) in [5.74, 6) is 1.49. The van der Waals surface area contributed by atoms with Gasteiger partial charge in [0, 0.05) is 24.3 Å².